The zero-order valence-corrected chi connectivity index (χ0v) is 13.4. The predicted molar refractivity (Wildman–Crippen MR) is 92.9 cm³/mol. The SMILES string of the molecule is O=C(c1cc2ccccc2cc1O)N1CCCC1c1cccs1. The number of thiophene rings is 1. The number of nitrogens with zero attached hydrogens (tertiary/aromatic N) is 1. The highest BCUT2D eigenvalue weighted by atomic mass is 32.1. The lowest BCUT2D eigenvalue weighted by Crippen LogP contribution is -2.30. The molecule has 1 aliphatic rings. The average molecular weight is 323 g/mol. The van der Waals surface area contributed by atoms with Crippen LogP contribution in [-0.2, 0) is 0 Å². The van der Waals surface area contributed by atoms with E-state index in [0.29, 0.717) is 5.56 Å². The van der Waals surface area contributed by atoms with Crippen LogP contribution >= 0.6 is 11.3 Å². The van der Waals surface area contributed by atoms with Gasteiger partial charge in [-0.05, 0) is 47.2 Å². The second kappa shape index (κ2) is 5.70. The van der Waals surface area contributed by atoms with Crippen molar-refractivity contribution in [2.45, 2.75) is 18.9 Å². The minimum absolute atomic E-state index is 0.0607. The van der Waals surface area contributed by atoms with Gasteiger partial charge >= 0.3 is 0 Å². The molecule has 0 saturated carbocycles. The second-order valence-electron chi connectivity index (χ2n) is 5.89. The molecule has 1 saturated heterocycles. The summed E-state index contributed by atoms with van der Waals surface area (Å²) in [6, 6.07) is 15.5. The standard InChI is InChI=1S/C19H17NO2S/c21-17-12-14-6-2-1-5-13(14)11-15(17)19(22)20-9-3-7-16(20)18-8-4-10-23-18/h1-2,4-6,8,10-12,16,21H,3,7,9H2. The van der Waals surface area contributed by atoms with E-state index in [9.17, 15) is 9.90 Å². The van der Waals surface area contributed by atoms with Crippen LogP contribution in [0.5, 0.6) is 5.75 Å². The molecule has 1 N–H and O–H groups in total. The molecule has 1 fully saturated rings. The number of phenolic OH excluding ortho intramolecular Hbond substituents is 1. The van der Waals surface area contributed by atoms with Gasteiger partial charge in [-0.15, -0.1) is 11.3 Å². The molecule has 2 aromatic carbocycles. The maximum absolute atomic E-state index is 13.0. The molecule has 4 heteroatoms. The number of fused-ring (bicyclic) bond motifs is 1. The second-order valence-corrected chi connectivity index (χ2v) is 6.87. The number of aromatic hydroxyl groups is 1. The Kier molecular flexibility index (Phi) is 3.54. The number of rotatable bonds is 2. The molecule has 0 bridgehead atoms. The summed E-state index contributed by atoms with van der Waals surface area (Å²) in [5.74, 6) is -0.0188. The minimum atomic E-state index is -0.0795. The van der Waals surface area contributed by atoms with Gasteiger partial charge in [-0.1, -0.05) is 30.3 Å². The lowest BCUT2D eigenvalue weighted by atomic mass is 10.0. The van der Waals surface area contributed by atoms with Crippen molar-refractivity contribution in [2.24, 2.45) is 0 Å². The molecule has 1 amide bonds. The molecular formula is C19H17NO2S. The Morgan fingerprint density at radius 2 is 1.91 bits per heavy atom. The molecule has 3 nitrogen and oxygen atoms in total. The molecule has 1 atom stereocenters. The summed E-state index contributed by atoms with van der Waals surface area (Å²) < 4.78 is 0. The predicted octanol–water partition coefficient (Wildman–Crippen LogP) is 4.58. The molecule has 23 heavy (non-hydrogen) atoms. The lowest BCUT2D eigenvalue weighted by Gasteiger charge is -2.24. The van der Waals surface area contributed by atoms with Gasteiger partial charge < -0.3 is 10.0 Å². The molecule has 0 radical (unpaired) electrons. The van der Waals surface area contributed by atoms with Crippen LogP contribution in [0.25, 0.3) is 10.8 Å². The Hall–Kier alpha value is -2.33. The number of hydrogen-bond donors (Lipinski definition) is 1. The fourth-order valence-corrected chi connectivity index (χ4v) is 4.21. The van der Waals surface area contributed by atoms with Gasteiger partial charge in [-0.3, -0.25) is 4.79 Å². The van der Waals surface area contributed by atoms with Gasteiger partial charge in [0.2, 0.25) is 0 Å². The van der Waals surface area contributed by atoms with Crippen LogP contribution in [-0.4, -0.2) is 22.5 Å². The third-order valence-corrected chi connectivity index (χ3v) is 5.45. The summed E-state index contributed by atoms with van der Waals surface area (Å²) in [5.41, 5.74) is 0.396. The normalized spacial score (nSPS) is 17.7. The molecule has 0 aliphatic carbocycles. The van der Waals surface area contributed by atoms with Crippen molar-refractivity contribution in [3.8, 4) is 5.75 Å². The molecule has 0 spiro atoms. The van der Waals surface area contributed by atoms with Gasteiger partial charge in [0.05, 0.1) is 11.6 Å². The first-order valence-corrected chi connectivity index (χ1v) is 8.68. The number of benzene rings is 2. The molecule has 2 heterocycles. The van der Waals surface area contributed by atoms with Crippen molar-refractivity contribution in [2.75, 3.05) is 6.54 Å². The Bertz CT molecular complexity index is 857. The van der Waals surface area contributed by atoms with E-state index in [1.807, 2.05) is 40.6 Å². The van der Waals surface area contributed by atoms with Crippen molar-refractivity contribution in [3.05, 3.63) is 64.4 Å². The molecule has 4 rings (SSSR count). The number of carbonyl (C=O) groups is 1. The van der Waals surface area contributed by atoms with Gasteiger partial charge in [0.15, 0.2) is 0 Å². The maximum Gasteiger partial charge on any atom is 0.258 e. The molecule has 1 aromatic heterocycles. The summed E-state index contributed by atoms with van der Waals surface area (Å²) in [5, 5.41) is 14.3. The van der Waals surface area contributed by atoms with E-state index in [0.717, 1.165) is 30.2 Å². The van der Waals surface area contributed by atoms with Gasteiger partial charge in [-0.25, -0.2) is 0 Å². The minimum Gasteiger partial charge on any atom is -0.507 e. The fraction of sp³-hybridized carbons (Fsp3) is 0.211. The topological polar surface area (TPSA) is 40.5 Å². The molecule has 1 unspecified atom stereocenters. The number of amides is 1. The molecule has 116 valence electrons. The average Bonchev–Trinajstić information content (AvgIpc) is 3.24. The Morgan fingerprint density at radius 1 is 1.13 bits per heavy atom. The highest BCUT2D eigenvalue weighted by Gasteiger charge is 2.32. The summed E-state index contributed by atoms with van der Waals surface area (Å²) in [7, 11) is 0. The first-order chi connectivity index (χ1) is 11.2. The smallest absolute Gasteiger partial charge is 0.258 e. The van der Waals surface area contributed by atoms with Gasteiger partial charge in [-0.2, -0.15) is 0 Å². The van der Waals surface area contributed by atoms with E-state index in [2.05, 4.69) is 6.07 Å². The van der Waals surface area contributed by atoms with Gasteiger partial charge in [0.25, 0.3) is 5.91 Å². The number of likely N-dealkylation sites (tertiary alicyclic amines) is 1. The van der Waals surface area contributed by atoms with Crippen LogP contribution < -0.4 is 0 Å². The number of hydrogen-bond acceptors (Lipinski definition) is 3. The van der Waals surface area contributed by atoms with Crippen LogP contribution in [0, 0.1) is 0 Å². The zero-order chi connectivity index (χ0) is 15.8. The van der Waals surface area contributed by atoms with E-state index in [4.69, 9.17) is 0 Å². The fourth-order valence-electron chi connectivity index (χ4n) is 3.34. The Morgan fingerprint density at radius 3 is 2.65 bits per heavy atom. The van der Waals surface area contributed by atoms with Crippen LogP contribution in [0.3, 0.4) is 0 Å². The van der Waals surface area contributed by atoms with Crippen LogP contribution in [0.15, 0.2) is 53.9 Å². The highest BCUT2D eigenvalue weighted by molar-refractivity contribution is 7.10. The lowest BCUT2D eigenvalue weighted by molar-refractivity contribution is 0.0735. The highest BCUT2D eigenvalue weighted by Crippen LogP contribution is 2.37. The summed E-state index contributed by atoms with van der Waals surface area (Å²) >= 11 is 1.69. The number of phenols is 1. The van der Waals surface area contributed by atoms with E-state index in [1.54, 1.807) is 23.5 Å². The van der Waals surface area contributed by atoms with Crippen LogP contribution in [0.2, 0.25) is 0 Å². The van der Waals surface area contributed by atoms with Crippen LogP contribution in [0.1, 0.15) is 34.1 Å². The number of carbonyl (C=O) groups excluding carboxylic acids is 1. The molecule has 3 aromatic rings. The van der Waals surface area contributed by atoms with E-state index in [-0.39, 0.29) is 17.7 Å². The quantitative estimate of drug-likeness (QED) is 0.749. The van der Waals surface area contributed by atoms with Crippen molar-refractivity contribution in [1.29, 1.82) is 0 Å². The maximum atomic E-state index is 13.0. The van der Waals surface area contributed by atoms with Gasteiger partial charge in [0, 0.05) is 11.4 Å². The Labute approximate surface area is 138 Å². The molecular weight excluding hydrogens is 306 g/mol. The first kappa shape index (κ1) is 14.3. The summed E-state index contributed by atoms with van der Waals surface area (Å²) in [6.07, 6.45) is 1.99. The van der Waals surface area contributed by atoms with Crippen molar-refractivity contribution >= 4 is 28.0 Å². The summed E-state index contributed by atoms with van der Waals surface area (Å²) in [6.45, 7) is 0.744. The van der Waals surface area contributed by atoms with E-state index < -0.39 is 0 Å². The van der Waals surface area contributed by atoms with Crippen LogP contribution in [0.4, 0.5) is 0 Å². The first-order valence-electron chi connectivity index (χ1n) is 7.80. The summed E-state index contributed by atoms with van der Waals surface area (Å²) in [4.78, 5) is 16.1. The largest absolute Gasteiger partial charge is 0.507 e. The van der Waals surface area contributed by atoms with Crippen molar-refractivity contribution in [1.82, 2.24) is 4.90 Å². The monoisotopic (exact) mass is 323 g/mol. The van der Waals surface area contributed by atoms with Crippen molar-refractivity contribution < 1.29 is 9.90 Å². The van der Waals surface area contributed by atoms with E-state index >= 15 is 0 Å². The zero-order valence-electron chi connectivity index (χ0n) is 12.6. The Balaban J connectivity index is 1.72. The third-order valence-electron chi connectivity index (χ3n) is 4.48. The molecule has 1 aliphatic heterocycles. The third kappa shape index (κ3) is 2.49. The van der Waals surface area contributed by atoms with Gasteiger partial charge in [0.1, 0.15) is 5.75 Å². The van der Waals surface area contributed by atoms with E-state index in [1.165, 1.54) is 4.88 Å². The van der Waals surface area contributed by atoms with Crippen molar-refractivity contribution in [3.63, 3.8) is 0 Å².